The van der Waals surface area contributed by atoms with E-state index < -0.39 is 5.97 Å². The second-order valence-electron chi connectivity index (χ2n) is 8.23. The molecule has 3 aromatic carbocycles. The van der Waals surface area contributed by atoms with E-state index in [0.717, 1.165) is 33.6 Å². The number of rotatable bonds is 5. The van der Waals surface area contributed by atoms with Gasteiger partial charge in [0.05, 0.1) is 5.56 Å². The van der Waals surface area contributed by atoms with Gasteiger partial charge >= 0.3 is 5.97 Å². The fraction of sp³-hybridized carbons (Fsp3) is 0.185. The predicted molar refractivity (Wildman–Crippen MR) is 125 cm³/mol. The summed E-state index contributed by atoms with van der Waals surface area (Å²) in [6.45, 7) is 2.32. The molecule has 1 amide bonds. The van der Waals surface area contributed by atoms with Crippen molar-refractivity contribution in [3.8, 4) is 11.1 Å². The highest BCUT2D eigenvalue weighted by Crippen LogP contribution is 2.34. The number of nitrogens with one attached hydrogen (secondary N) is 1. The van der Waals surface area contributed by atoms with Gasteiger partial charge in [0, 0.05) is 30.8 Å². The van der Waals surface area contributed by atoms with Crippen LogP contribution in [-0.2, 0) is 24.2 Å². The van der Waals surface area contributed by atoms with Crippen molar-refractivity contribution < 1.29 is 14.7 Å². The highest BCUT2D eigenvalue weighted by Gasteiger charge is 2.29. The number of benzene rings is 3. The molecule has 1 aliphatic heterocycles. The molecule has 0 radical (unpaired) electrons. The van der Waals surface area contributed by atoms with Crippen LogP contribution in [0.15, 0.2) is 66.7 Å². The SMILES string of the molecule is Cc1c(Cc2ccccc2-c2cccc3ccccc23)c2c(n1CC(=O)O)CCNC2=O. The number of carboxylic acids is 1. The number of aromatic nitrogens is 1. The lowest BCUT2D eigenvalue weighted by molar-refractivity contribution is -0.137. The molecule has 0 aliphatic carbocycles. The lowest BCUT2D eigenvalue weighted by Crippen LogP contribution is -2.33. The average Bonchev–Trinajstić information content (AvgIpc) is 3.06. The molecule has 160 valence electrons. The van der Waals surface area contributed by atoms with E-state index in [9.17, 15) is 14.7 Å². The molecule has 1 aromatic heterocycles. The van der Waals surface area contributed by atoms with Crippen LogP contribution in [0.5, 0.6) is 0 Å². The molecule has 0 unspecified atom stereocenters. The topological polar surface area (TPSA) is 71.3 Å². The summed E-state index contributed by atoms with van der Waals surface area (Å²) in [7, 11) is 0. The van der Waals surface area contributed by atoms with Crippen molar-refractivity contribution in [3.05, 3.63) is 94.8 Å². The molecule has 2 heterocycles. The van der Waals surface area contributed by atoms with E-state index in [1.165, 1.54) is 10.8 Å². The number of carbonyl (C=O) groups is 2. The van der Waals surface area contributed by atoms with Crippen molar-refractivity contribution in [2.75, 3.05) is 6.54 Å². The monoisotopic (exact) mass is 424 g/mol. The summed E-state index contributed by atoms with van der Waals surface area (Å²) >= 11 is 0. The maximum absolute atomic E-state index is 12.8. The zero-order valence-corrected chi connectivity index (χ0v) is 17.9. The summed E-state index contributed by atoms with van der Waals surface area (Å²) in [6.07, 6.45) is 1.20. The Morgan fingerprint density at radius 3 is 2.56 bits per heavy atom. The number of fused-ring (bicyclic) bond motifs is 2. The first-order chi connectivity index (χ1) is 15.5. The van der Waals surface area contributed by atoms with Gasteiger partial charge in [0.1, 0.15) is 6.54 Å². The molecule has 0 saturated heterocycles. The third kappa shape index (κ3) is 3.36. The van der Waals surface area contributed by atoms with Crippen molar-refractivity contribution >= 4 is 22.6 Å². The molecule has 5 nitrogen and oxygen atoms in total. The third-order valence-corrected chi connectivity index (χ3v) is 6.39. The summed E-state index contributed by atoms with van der Waals surface area (Å²) in [5.74, 6) is -1.02. The third-order valence-electron chi connectivity index (χ3n) is 6.39. The van der Waals surface area contributed by atoms with E-state index in [1.807, 2.05) is 31.2 Å². The van der Waals surface area contributed by atoms with Gasteiger partial charge < -0.3 is 15.0 Å². The number of hydrogen-bond acceptors (Lipinski definition) is 2. The summed E-state index contributed by atoms with van der Waals surface area (Å²) in [4.78, 5) is 24.3. The maximum Gasteiger partial charge on any atom is 0.323 e. The van der Waals surface area contributed by atoms with Gasteiger partial charge in [-0.25, -0.2) is 0 Å². The summed E-state index contributed by atoms with van der Waals surface area (Å²) in [5.41, 5.74) is 6.61. The fourth-order valence-corrected chi connectivity index (χ4v) is 4.92. The Morgan fingerprint density at radius 1 is 1.00 bits per heavy atom. The average molecular weight is 425 g/mol. The quantitative estimate of drug-likeness (QED) is 0.493. The molecule has 0 atom stereocenters. The zero-order valence-electron chi connectivity index (χ0n) is 17.9. The van der Waals surface area contributed by atoms with Crippen LogP contribution in [0.3, 0.4) is 0 Å². The minimum absolute atomic E-state index is 0.115. The van der Waals surface area contributed by atoms with Gasteiger partial charge in [-0.05, 0) is 39.9 Å². The Kier molecular flexibility index (Phi) is 5.02. The van der Waals surface area contributed by atoms with Crippen molar-refractivity contribution in [2.24, 2.45) is 0 Å². The molecule has 5 rings (SSSR count). The number of carbonyl (C=O) groups excluding carboxylic acids is 1. The summed E-state index contributed by atoms with van der Waals surface area (Å²) in [6, 6.07) is 22.9. The van der Waals surface area contributed by atoms with Gasteiger partial charge in [-0.3, -0.25) is 9.59 Å². The second-order valence-corrected chi connectivity index (χ2v) is 8.23. The van der Waals surface area contributed by atoms with E-state index >= 15 is 0 Å². The Balaban J connectivity index is 1.66. The normalized spacial score (nSPS) is 13.1. The molecule has 5 heteroatoms. The van der Waals surface area contributed by atoms with Gasteiger partial charge in [0.15, 0.2) is 0 Å². The van der Waals surface area contributed by atoms with Crippen molar-refractivity contribution in [1.82, 2.24) is 9.88 Å². The van der Waals surface area contributed by atoms with Crippen LogP contribution < -0.4 is 5.32 Å². The molecule has 1 aliphatic rings. The van der Waals surface area contributed by atoms with Gasteiger partial charge in [-0.1, -0.05) is 66.7 Å². The number of amides is 1. The van der Waals surface area contributed by atoms with E-state index in [0.29, 0.717) is 24.9 Å². The zero-order chi connectivity index (χ0) is 22.2. The van der Waals surface area contributed by atoms with E-state index in [1.54, 1.807) is 4.57 Å². The molecule has 4 aromatic rings. The molecule has 0 saturated carbocycles. The van der Waals surface area contributed by atoms with Gasteiger partial charge in [-0.15, -0.1) is 0 Å². The molecule has 32 heavy (non-hydrogen) atoms. The van der Waals surface area contributed by atoms with Crippen molar-refractivity contribution in [3.63, 3.8) is 0 Å². The van der Waals surface area contributed by atoms with Crippen LogP contribution in [-0.4, -0.2) is 28.1 Å². The van der Waals surface area contributed by atoms with Crippen LogP contribution >= 0.6 is 0 Å². The van der Waals surface area contributed by atoms with E-state index in [2.05, 4.69) is 47.8 Å². The van der Waals surface area contributed by atoms with Gasteiger partial charge in [0.25, 0.3) is 5.91 Å². The Labute approximate surface area is 186 Å². The van der Waals surface area contributed by atoms with Gasteiger partial charge in [0.2, 0.25) is 0 Å². The predicted octanol–water partition coefficient (Wildman–Crippen LogP) is 4.58. The lowest BCUT2D eigenvalue weighted by atomic mass is 9.90. The number of nitrogens with zero attached hydrogens (tertiary/aromatic N) is 1. The van der Waals surface area contributed by atoms with Crippen molar-refractivity contribution in [2.45, 2.75) is 26.3 Å². The molecule has 2 N–H and O–H groups in total. The number of aliphatic carboxylic acids is 1. The molecule has 0 fully saturated rings. The largest absolute Gasteiger partial charge is 0.480 e. The molecular formula is C27H24N2O3. The van der Waals surface area contributed by atoms with E-state index in [-0.39, 0.29) is 12.5 Å². The second kappa shape index (κ2) is 8.00. The van der Waals surface area contributed by atoms with Gasteiger partial charge in [-0.2, -0.15) is 0 Å². The lowest BCUT2D eigenvalue weighted by Gasteiger charge is -2.17. The van der Waals surface area contributed by atoms with Crippen molar-refractivity contribution in [1.29, 1.82) is 0 Å². The molecule has 0 spiro atoms. The first-order valence-electron chi connectivity index (χ1n) is 10.8. The number of carboxylic acid groups (broad SMARTS) is 1. The first kappa shape index (κ1) is 20.1. The highest BCUT2D eigenvalue weighted by atomic mass is 16.4. The first-order valence-corrected chi connectivity index (χ1v) is 10.8. The van der Waals surface area contributed by atoms with Crippen LogP contribution in [0.25, 0.3) is 21.9 Å². The van der Waals surface area contributed by atoms with Crippen LogP contribution in [0.1, 0.15) is 32.9 Å². The number of hydrogen-bond donors (Lipinski definition) is 2. The maximum atomic E-state index is 12.8. The minimum atomic E-state index is -0.903. The Bertz CT molecular complexity index is 1360. The summed E-state index contributed by atoms with van der Waals surface area (Å²) in [5, 5.41) is 14.7. The Morgan fingerprint density at radius 2 is 1.72 bits per heavy atom. The van der Waals surface area contributed by atoms with Crippen LogP contribution in [0, 0.1) is 6.92 Å². The smallest absolute Gasteiger partial charge is 0.323 e. The minimum Gasteiger partial charge on any atom is -0.480 e. The van der Waals surface area contributed by atoms with Crippen LogP contribution in [0.2, 0.25) is 0 Å². The van der Waals surface area contributed by atoms with E-state index in [4.69, 9.17) is 0 Å². The molecule has 0 bridgehead atoms. The standard InChI is InChI=1S/C27H24N2O3/c1-17-23(26-24(13-14-28-27(26)32)29(17)16-25(30)31)15-19-8-3-5-11-21(19)22-12-6-9-18-7-2-4-10-20(18)22/h2-12H,13-16H2,1H3,(H,28,32)(H,30,31). The Hall–Kier alpha value is -3.86. The fourth-order valence-electron chi connectivity index (χ4n) is 4.92. The summed E-state index contributed by atoms with van der Waals surface area (Å²) < 4.78 is 1.80. The highest BCUT2D eigenvalue weighted by molar-refractivity contribution is 5.99. The molecular weight excluding hydrogens is 400 g/mol. The van der Waals surface area contributed by atoms with Crippen LogP contribution in [0.4, 0.5) is 0 Å².